The summed E-state index contributed by atoms with van der Waals surface area (Å²) in [5.41, 5.74) is 2.55. The Hall–Kier alpha value is -2.34. The van der Waals surface area contributed by atoms with E-state index in [1.165, 1.54) is 5.56 Å². The molecule has 0 radical (unpaired) electrons. The summed E-state index contributed by atoms with van der Waals surface area (Å²) in [6.45, 7) is 3.96. The van der Waals surface area contributed by atoms with Gasteiger partial charge in [0.2, 0.25) is 5.88 Å². The van der Waals surface area contributed by atoms with E-state index >= 15 is 0 Å². The Morgan fingerprint density at radius 3 is 2.89 bits per heavy atom. The molecule has 18 heavy (non-hydrogen) atoms. The maximum atomic E-state index is 9.11. The van der Waals surface area contributed by atoms with Crippen LogP contribution in [-0.2, 0) is 6.42 Å². The van der Waals surface area contributed by atoms with Crippen LogP contribution in [0, 0.1) is 18.3 Å². The Morgan fingerprint density at radius 1 is 1.33 bits per heavy atom. The number of pyridine rings is 1. The lowest BCUT2D eigenvalue weighted by Gasteiger charge is -2.08. The molecule has 1 aromatic carbocycles. The molecule has 3 heteroatoms. The van der Waals surface area contributed by atoms with Crippen molar-refractivity contribution >= 4 is 0 Å². The van der Waals surface area contributed by atoms with Gasteiger partial charge in [0.1, 0.15) is 17.4 Å². The van der Waals surface area contributed by atoms with Gasteiger partial charge in [-0.2, -0.15) is 5.26 Å². The highest BCUT2D eigenvalue weighted by molar-refractivity contribution is 5.45. The normalized spacial score (nSPS) is 9.83. The molecule has 0 aliphatic carbocycles. The molecule has 0 amide bonds. The second kappa shape index (κ2) is 5.33. The molecule has 0 aliphatic rings. The van der Waals surface area contributed by atoms with E-state index in [2.05, 4.69) is 18.0 Å². The topological polar surface area (TPSA) is 45.9 Å². The maximum Gasteiger partial charge on any atom is 0.237 e. The van der Waals surface area contributed by atoms with Gasteiger partial charge in [-0.05, 0) is 42.7 Å². The SMILES string of the molecule is CCc1cccc(Oc2nccc(C)c2C#N)c1. The van der Waals surface area contributed by atoms with E-state index in [1.807, 2.05) is 31.2 Å². The van der Waals surface area contributed by atoms with Crippen molar-refractivity contribution in [3.8, 4) is 17.7 Å². The summed E-state index contributed by atoms with van der Waals surface area (Å²) in [6.07, 6.45) is 2.60. The number of rotatable bonds is 3. The molecule has 0 unspecified atom stereocenters. The van der Waals surface area contributed by atoms with Crippen molar-refractivity contribution in [2.24, 2.45) is 0 Å². The Kier molecular flexibility index (Phi) is 3.59. The molecule has 2 aromatic rings. The minimum atomic E-state index is 0.366. The molecule has 0 N–H and O–H groups in total. The van der Waals surface area contributed by atoms with Crippen LogP contribution in [0.4, 0.5) is 0 Å². The van der Waals surface area contributed by atoms with Crippen molar-refractivity contribution in [1.82, 2.24) is 4.98 Å². The third-order valence-corrected chi connectivity index (χ3v) is 2.76. The smallest absolute Gasteiger partial charge is 0.237 e. The van der Waals surface area contributed by atoms with Gasteiger partial charge in [-0.1, -0.05) is 19.1 Å². The second-order valence-corrected chi connectivity index (χ2v) is 4.02. The number of benzene rings is 1. The number of nitriles is 1. The summed E-state index contributed by atoms with van der Waals surface area (Å²) in [5, 5.41) is 9.11. The zero-order valence-electron chi connectivity index (χ0n) is 10.5. The zero-order valence-corrected chi connectivity index (χ0v) is 10.5. The van der Waals surface area contributed by atoms with Crippen LogP contribution >= 0.6 is 0 Å². The molecule has 2 rings (SSSR count). The summed E-state index contributed by atoms with van der Waals surface area (Å²) < 4.78 is 5.69. The number of aromatic nitrogens is 1. The standard InChI is InChI=1S/C15H14N2O/c1-3-12-5-4-6-13(9-12)18-15-14(10-16)11(2)7-8-17-15/h4-9H,3H2,1-2H3. The molecule has 0 fully saturated rings. The summed E-state index contributed by atoms with van der Waals surface area (Å²) in [5.74, 6) is 1.08. The predicted molar refractivity (Wildman–Crippen MR) is 69.6 cm³/mol. The van der Waals surface area contributed by atoms with Gasteiger partial charge in [0.05, 0.1) is 0 Å². The first-order valence-corrected chi connectivity index (χ1v) is 5.87. The Morgan fingerprint density at radius 2 is 2.17 bits per heavy atom. The van der Waals surface area contributed by atoms with Crippen LogP contribution in [0.15, 0.2) is 36.5 Å². The fraction of sp³-hybridized carbons (Fsp3) is 0.200. The Balaban J connectivity index is 2.34. The van der Waals surface area contributed by atoms with E-state index in [9.17, 15) is 0 Å². The van der Waals surface area contributed by atoms with Crippen LogP contribution in [0.1, 0.15) is 23.6 Å². The van der Waals surface area contributed by atoms with Gasteiger partial charge in [0.15, 0.2) is 0 Å². The van der Waals surface area contributed by atoms with E-state index in [0.717, 1.165) is 12.0 Å². The number of ether oxygens (including phenoxy) is 1. The third kappa shape index (κ3) is 2.49. The van der Waals surface area contributed by atoms with Crippen molar-refractivity contribution in [1.29, 1.82) is 5.26 Å². The lowest BCUT2D eigenvalue weighted by molar-refractivity contribution is 0.460. The number of hydrogen-bond acceptors (Lipinski definition) is 3. The first-order chi connectivity index (χ1) is 8.74. The Bertz CT molecular complexity index is 600. The molecule has 0 atom stereocenters. The highest BCUT2D eigenvalue weighted by Crippen LogP contribution is 2.25. The van der Waals surface area contributed by atoms with Crippen LogP contribution in [0.5, 0.6) is 11.6 Å². The van der Waals surface area contributed by atoms with Gasteiger partial charge in [0.25, 0.3) is 0 Å². The maximum absolute atomic E-state index is 9.11. The van der Waals surface area contributed by atoms with Gasteiger partial charge < -0.3 is 4.74 Å². The van der Waals surface area contributed by atoms with Crippen LogP contribution in [0.2, 0.25) is 0 Å². The predicted octanol–water partition coefficient (Wildman–Crippen LogP) is 3.62. The van der Waals surface area contributed by atoms with E-state index in [0.29, 0.717) is 17.2 Å². The molecule has 1 heterocycles. The fourth-order valence-electron chi connectivity index (χ4n) is 1.69. The van der Waals surface area contributed by atoms with Gasteiger partial charge in [-0.15, -0.1) is 0 Å². The lowest BCUT2D eigenvalue weighted by Crippen LogP contribution is -1.94. The summed E-state index contributed by atoms with van der Waals surface area (Å²) >= 11 is 0. The Labute approximate surface area is 107 Å². The van der Waals surface area contributed by atoms with Gasteiger partial charge in [-0.3, -0.25) is 0 Å². The average Bonchev–Trinajstić information content (AvgIpc) is 2.39. The molecule has 0 saturated carbocycles. The highest BCUT2D eigenvalue weighted by atomic mass is 16.5. The highest BCUT2D eigenvalue weighted by Gasteiger charge is 2.08. The number of aryl methyl sites for hydroxylation is 2. The average molecular weight is 238 g/mol. The first kappa shape index (κ1) is 12.1. The van der Waals surface area contributed by atoms with Crippen LogP contribution in [-0.4, -0.2) is 4.98 Å². The molecule has 90 valence electrons. The van der Waals surface area contributed by atoms with Crippen LogP contribution in [0.25, 0.3) is 0 Å². The van der Waals surface area contributed by atoms with Crippen molar-refractivity contribution in [2.75, 3.05) is 0 Å². The monoisotopic (exact) mass is 238 g/mol. The summed E-state index contributed by atoms with van der Waals surface area (Å²) in [4.78, 5) is 4.12. The molecule has 1 aromatic heterocycles. The molecule has 0 bridgehead atoms. The largest absolute Gasteiger partial charge is 0.438 e. The van der Waals surface area contributed by atoms with Crippen molar-refractivity contribution in [3.63, 3.8) is 0 Å². The van der Waals surface area contributed by atoms with Gasteiger partial charge >= 0.3 is 0 Å². The van der Waals surface area contributed by atoms with Crippen LogP contribution < -0.4 is 4.74 Å². The molecule has 0 aliphatic heterocycles. The van der Waals surface area contributed by atoms with E-state index in [4.69, 9.17) is 10.00 Å². The molecule has 3 nitrogen and oxygen atoms in total. The first-order valence-electron chi connectivity index (χ1n) is 5.87. The van der Waals surface area contributed by atoms with E-state index in [1.54, 1.807) is 12.3 Å². The van der Waals surface area contributed by atoms with Crippen molar-refractivity contribution in [2.45, 2.75) is 20.3 Å². The van der Waals surface area contributed by atoms with Gasteiger partial charge in [-0.25, -0.2) is 4.98 Å². The summed E-state index contributed by atoms with van der Waals surface area (Å²) in [6, 6.07) is 11.7. The molecular weight excluding hydrogens is 224 g/mol. The minimum absolute atomic E-state index is 0.366. The molecule has 0 saturated heterocycles. The fourth-order valence-corrected chi connectivity index (χ4v) is 1.69. The minimum Gasteiger partial charge on any atom is -0.438 e. The number of hydrogen-bond donors (Lipinski definition) is 0. The van der Waals surface area contributed by atoms with Crippen molar-refractivity contribution in [3.05, 3.63) is 53.2 Å². The van der Waals surface area contributed by atoms with E-state index in [-0.39, 0.29) is 0 Å². The quantitative estimate of drug-likeness (QED) is 0.820. The van der Waals surface area contributed by atoms with Crippen LogP contribution in [0.3, 0.4) is 0 Å². The lowest BCUT2D eigenvalue weighted by atomic mass is 10.1. The summed E-state index contributed by atoms with van der Waals surface area (Å²) in [7, 11) is 0. The van der Waals surface area contributed by atoms with E-state index < -0.39 is 0 Å². The van der Waals surface area contributed by atoms with Crippen molar-refractivity contribution < 1.29 is 4.74 Å². The number of nitrogens with zero attached hydrogens (tertiary/aromatic N) is 2. The second-order valence-electron chi connectivity index (χ2n) is 4.02. The zero-order chi connectivity index (χ0) is 13.0. The molecule has 0 spiro atoms. The third-order valence-electron chi connectivity index (χ3n) is 2.76. The molecular formula is C15H14N2O. The van der Waals surface area contributed by atoms with Gasteiger partial charge in [0, 0.05) is 6.20 Å².